The number of hydrogen-bond donors (Lipinski definition) is 2. The second-order valence-electron chi connectivity index (χ2n) is 4.58. The molecule has 2 aromatic rings. The van der Waals surface area contributed by atoms with Crippen molar-refractivity contribution in [3.63, 3.8) is 0 Å². The van der Waals surface area contributed by atoms with E-state index in [1.165, 1.54) is 13.2 Å². The number of rotatable bonds is 3. The highest BCUT2D eigenvalue weighted by molar-refractivity contribution is 6.34. The molecule has 4 N–H and O–H groups in total. The molecule has 0 aliphatic rings. The van der Waals surface area contributed by atoms with Crippen LogP contribution in [-0.2, 0) is 0 Å². The maximum atomic E-state index is 9.11. The summed E-state index contributed by atoms with van der Waals surface area (Å²) in [5.74, 6) is 1.03. The standard InChI is InChI=1S/C15H14ClN5O/c1-8(18)3-13(19)20-14-6-9-5-12(22-2)10(7-17)4-11(9)15(16)21-14/h3-6H,18H2,1-2H3,(H2,19,20,21)/b8-3-. The van der Waals surface area contributed by atoms with E-state index in [2.05, 4.69) is 16.0 Å². The zero-order valence-electron chi connectivity index (χ0n) is 12.1. The largest absolute Gasteiger partial charge is 0.495 e. The summed E-state index contributed by atoms with van der Waals surface area (Å²) < 4.78 is 5.19. The molecule has 0 radical (unpaired) electrons. The lowest BCUT2D eigenvalue weighted by Gasteiger charge is -2.07. The highest BCUT2D eigenvalue weighted by atomic mass is 35.5. The van der Waals surface area contributed by atoms with Gasteiger partial charge in [0.1, 0.15) is 22.8 Å². The SMILES string of the molecule is COc1cc2cc(/N=C(N)\C=C(\C)N)nc(Cl)c2cc1C#N. The molecular formula is C15H14ClN5O. The average Bonchev–Trinajstić information content (AvgIpc) is 2.45. The molecule has 1 heterocycles. The second kappa shape index (κ2) is 6.33. The van der Waals surface area contributed by atoms with Crippen LogP contribution in [0.1, 0.15) is 12.5 Å². The van der Waals surface area contributed by atoms with Crippen molar-refractivity contribution in [2.24, 2.45) is 16.5 Å². The summed E-state index contributed by atoms with van der Waals surface area (Å²) in [5, 5.41) is 10.7. The van der Waals surface area contributed by atoms with Crippen LogP contribution in [0.4, 0.5) is 5.82 Å². The van der Waals surface area contributed by atoms with E-state index in [4.69, 9.17) is 33.1 Å². The summed E-state index contributed by atoms with van der Waals surface area (Å²) in [6.07, 6.45) is 1.53. The predicted molar refractivity (Wildman–Crippen MR) is 87.2 cm³/mol. The molecule has 0 saturated heterocycles. The van der Waals surface area contributed by atoms with Crippen LogP contribution in [0.25, 0.3) is 10.8 Å². The van der Waals surface area contributed by atoms with E-state index in [1.54, 1.807) is 25.1 Å². The molecule has 0 aliphatic carbocycles. The minimum absolute atomic E-state index is 0.225. The van der Waals surface area contributed by atoms with E-state index < -0.39 is 0 Å². The maximum absolute atomic E-state index is 9.11. The van der Waals surface area contributed by atoms with Crippen molar-refractivity contribution in [1.29, 1.82) is 5.26 Å². The normalized spacial score (nSPS) is 12.3. The van der Waals surface area contributed by atoms with Crippen LogP contribution in [0.2, 0.25) is 5.15 Å². The molecular weight excluding hydrogens is 302 g/mol. The molecule has 0 bridgehead atoms. The fourth-order valence-corrected chi connectivity index (χ4v) is 2.19. The van der Waals surface area contributed by atoms with Gasteiger partial charge in [0.25, 0.3) is 0 Å². The summed E-state index contributed by atoms with van der Waals surface area (Å²) in [4.78, 5) is 8.30. The van der Waals surface area contributed by atoms with Gasteiger partial charge in [0.05, 0.1) is 12.7 Å². The molecule has 7 heteroatoms. The Labute approximate surface area is 132 Å². The van der Waals surface area contributed by atoms with Crippen molar-refractivity contribution >= 4 is 34.0 Å². The van der Waals surface area contributed by atoms with Crippen molar-refractivity contribution in [3.05, 3.63) is 40.7 Å². The van der Waals surface area contributed by atoms with Gasteiger partial charge in [-0.2, -0.15) is 5.26 Å². The molecule has 22 heavy (non-hydrogen) atoms. The summed E-state index contributed by atoms with van der Waals surface area (Å²) in [7, 11) is 1.50. The molecule has 1 aromatic heterocycles. The number of nitrogens with zero attached hydrogens (tertiary/aromatic N) is 3. The Morgan fingerprint density at radius 3 is 2.73 bits per heavy atom. The summed E-state index contributed by atoms with van der Waals surface area (Å²) in [5.41, 5.74) is 12.2. The first-order valence-corrected chi connectivity index (χ1v) is 6.68. The van der Waals surface area contributed by atoms with Crippen LogP contribution < -0.4 is 16.2 Å². The van der Waals surface area contributed by atoms with Gasteiger partial charge in [0.2, 0.25) is 0 Å². The van der Waals surface area contributed by atoms with Crippen LogP contribution >= 0.6 is 11.6 Å². The number of benzene rings is 1. The van der Waals surface area contributed by atoms with E-state index in [1.807, 2.05) is 0 Å². The average molecular weight is 316 g/mol. The lowest BCUT2D eigenvalue weighted by molar-refractivity contribution is 0.414. The first-order valence-electron chi connectivity index (χ1n) is 6.31. The van der Waals surface area contributed by atoms with E-state index in [0.717, 1.165) is 5.39 Å². The monoisotopic (exact) mass is 315 g/mol. The fraction of sp³-hybridized carbons (Fsp3) is 0.133. The fourth-order valence-electron chi connectivity index (χ4n) is 1.94. The summed E-state index contributed by atoms with van der Waals surface area (Å²) in [6.45, 7) is 1.71. The van der Waals surface area contributed by atoms with E-state index in [-0.39, 0.29) is 11.0 Å². The Morgan fingerprint density at radius 1 is 1.41 bits per heavy atom. The van der Waals surface area contributed by atoms with Crippen LogP contribution in [-0.4, -0.2) is 17.9 Å². The Balaban J connectivity index is 2.63. The summed E-state index contributed by atoms with van der Waals surface area (Å²) in [6, 6.07) is 7.10. The van der Waals surface area contributed by atoms with Gasteiger partial charge in [-0.25, -0.2) is 9.98 Å². The molecule has 2 rings (SSSR count). The third kappa shape index (κ3) is 3.27. The quantitative estimate of drug-likeness (QED) is 0.514. The van der Waals surface area contributed by atoms with Crippen molar-refractivity contribution in [2.75, 3.05) is 7.11 Å². The third-order valence-electron chi connectivity index (χ3n) is 2.83. The minimum Gasteiger partial charge on any atom is -0.495 e. The Bertz CT molecular complexity index is 832. The van der Waals surface area contributed by atoms with Gasteiger partial charge in [-0.1, -0.05) is 11.6 Å². The Hall–Kier alpha value is -2.78. The lowest BCUT2D eigenvalue weighted by Crippen LogP contribution is -2.10. The number of allylic oxidation sites excluding steroid dienone is 1. The Morgan fingerprint density at radius 2 is 2.14 bits per heavy atom. The lowest BCUT2D eigenvalue weighted by atomic mass is 10.1. The number of aliphatic imine (C=N–C) groups is 1. The van der Waals surface area contributed by atoms with E-state index >= 15 is 0 Å². The van der Waals surface area contributed by atoms with Gasteiger partial charge in [-0.3, -0.25) is 0 Å². The predicted octanol–water partition coefficient (Wildman–Crippen LogP) is 2.62. The van der Waals surface area contributed by atoms with Gasteiger partial charge in [0.15, 0.2) is 5.82 Å². The number of halogens is 1. The highest BCUT2D eigenvalue weighted by Crippen LogP contribution is 2.31. The number of pyridine rings is 1. The topological polar surface area (TPSA) is 110 Å². The van der Waals surface area contributed by atoms with Crippen molar-refractivity contribution < 1.29 is 4.74 Å². The van der Waals surface area contributed by atoms with E-state index in [0.29, 0.717) is 28.2 Å². The molecule has 0 spiro atoms. The van der Waals surface area contributed by atoms with Gasteiger partial charge < -0.3 is 16.2 Å². The van der Waals surface area contributed by atoms with Gasteiger partial charge in [-0.15, -0.1) is 0 Å². The number of nitrogens with two attached hydrogens (primary N) is 2. The number of aromatic nitrogens is 1. The second-order valence-corrected chi connectivity index (χ2v) is 4.94. The van der Waals surface area contributed by atoms with Crippen LogP contribution in [0, 0.1) is 11.3 Å². The molecule has 0 atom stereocenters. The molecule has 0 aliphatic heterocycles. The van der Waals surface area contributed by atoms with Crippen molar-refractivity contribution in [1.82, 2.24) is 4.98 Å². The van der Waals surface area contributed by atoms with Crippen LogP contribution in [0.5, 0.6) is 5.75 Å². The number of amidine groups is 1. The van der Waals surface area contributed by atoms with E-state index in [9.17, 15) is 0 Å². The first kappa shape index (κ1) is 15.6. The van der Waals surface area contributed by atoms with Gasteiger partial charge in [-0.05, 0) is 36.6 Å². The zero-order chi connectivity index (χ0) is 16.3. The van der Waals surface area contributed by atoms with Crippen LogP contribution in [0.15, 0.2) is 35.0 Å². The number of hydrogen-bond acceptors (Lipinski definition) is 5. The van der Waals surface area contributed by atoms with Crippen molar-refractivity contribution in [2.45, 2.75) is 6.92 Å². The third-order valence-corrected chi connectivity index (χ3v) is 3.12. The highest BCUT2D eigenvalue weighted by Gasteiger charge is 2.10. The maximum Gasteiger partial charge on any atom is 0.156 e. The molecule has 0 amide bonds. The molecule has 0 unspecified atom stereocenters. The number of fused-ring (bicyclic) bond motifs is 1. The van der Waals surface area contributed by atoms with Crippen LogP contribution in [0.3, 0.4) is 0 Å². The molecule has 0 fully saturated rings. The number of ether oxygens (including phenoxy) is 1. The van der Waals surface area contributed by atoms with Crippen molar-refractivity contribution in [3.8, 4) is 11.8 Å². The van der Waals surface area contributed by atoms with Gasteiger partial charge in [0, 0.05) is 11.1 Å². The number of methoxy groups -OCH3 is 1. The first-order chi connectivity index (χ1) is 10.4. The zero-order valence-corrected chi connectivity index (χ0v) is 12.8. The minimum atomic E-state index is 0.225. The van der Waals surface area contributed by atoms with Gasteiger partial charge >= 0.3 is 0 Å². The number of nitriles is 1. The smallest absolute Gasteiger partial charge is 0.156 e. The summed E-state index contributed by atoms with van der Waals surface area (Å²) >= 11 is 6.16. The molecule has 0 saturated carbocycles. The molecule has 6 nitrogen and oxygen atoms in total. The Kier molecular flexibility index (Phi) is 4.49. The molecule has 1 aromatic carbocycles. The molecule has 112 valence electrons.